The molecule has 1 saturated carbocycles. The molecular weight excluding hydrogens is 158 g/mol. The van der Waals surface area contributed by atoms with Gasteiger partial charge in [0.2, 0.25) is 0 Å². The van der Waals surface area contributed by atoms with E-state index in [4.69, 9.17) is 0 Å². The van der Waals surface area contributed by atoms with E-state index in [1.54, 1.807) is 0 Å². The van der Waals surface area contributed by atoms with Gasteiger partial charge in [0, 0.05) is 6.04 Å². The molecular formula is C12H23N. The molecule has 2 atom stereocenters. The molecule has 0 aromatic rings. The third-order valence-electron chi connectivity index (χ3n) is 3.45. The number of hydrogen-bond donors (Lipinski definition) is 1. The van der Waals surface area contributed by atoms with Crippen molar-refractivity contribution in [2.45, 2.75) is 46.1 Å². The quantitative estimate of drug-likeness (QED) is 0.643. The lowest BCUT2D eigenvalue weighted by Crippen LogP contribution is -2.29. The van der Waals surface area contributed by atoms with Crippen LogP contribution in [0.3, 0.4) is 0 Å². The molecule has 0 bridgehead atoms. The van der Waals surface area contributed by atoms with Gasteiger partial charge in [-0.25, -0.2) is 0 Å². The zero-order valence-electron chi connectivity index (χ0n) is 9.48. The lowest BCUT2D eigenvalue weighted by atomic mass is 9.97. The normalized spacial score (nSPS) is 26.9. The molecule has 0 aromatic carbocycles. The highest BCUT2D eigenvalue weighted by atomic mass is 14.9. The molecule has 1 nitrogen and oxygen atoms in total. The second-order valence-electron chi connectivity index (χ2n) is 5.00. The van der Waals surface area contributed by atoms with E-state index in [-0.39, 0.29) is 0 Å². The first-order chi connectivity index (χ1) is 6.01. The van der Waals surface area contributed by atoms with Gasteiger partial charge < -0.3 is 5.32 Å². The summed E-state index contributed by atoms with van der Waals surface area (Å²) in [6.07, 6.45) is 3.64. The second kappa shape index (κ2) is 3.83. The average Bonchev–Trinajstić information content (AvgIpc) is 2.70. The molecule has 0 aliphatic heterocycles. The molecule has 0 heterocycles. The summed E-state index contributed by atoms with van der Waals surface area (Å²) in [6.45, 7) is 11.0. The Labute approximate surface area is 82.6 Å². The van der Waals surface area contributed by atoms with Crippen LogP contribution in [0.1, 0.15) is 40.0 Å². The van der Waals surface area contributed by atoms with Crippen molar-refractivity contribution >= 4 is 0 Å². The van der Waals surface area contributed by atoms with E-state index in [1.807, 2.05) is 0 Å². The van der Waals surface area contributed by atoms with Gasteiger partial charge in [0.1, 0.15) is 0 Å². The van der Waals surface area contributed by atoms with E-state index in [0.29, 0.717) is 11.5 Å². The third kappa shape index (κ3) is 2.57. The summed E-state index contributed by atoms with van der Waals surface area (Å²) in [5.74, 6) is 0.862. The summed E-state index contributed by atoms with van der Waals surface area (Å²) in [4.78, 5) is 0. The molecule has 0 spiro atoms. The van der Waals surface area contributed by atoms with Crippen LogP contribution in [0, 0.1) is 11.3 Å². The van der Waals surface area contributed by atoms with Crippen molar-refractivity contribution in [1.82, 2.24) is 5.32 Å². The SMILES string of the molecule is C=C(CC)CC(NC)C1CC1(C)C. The highest BCUT2D eigenvalue weighted by Crippen LogP contribution is 2.54. The van der Waals surface area contributed by atoms with Crippen molar-refractivity contribution in [2.75, 3.05) is 7.05 Å². The van der Waals surface area contributed by atoms with E-state index in [0.717, 1.165) is 18.8 Å². The van der Waals surface area contributed by atoms with Crippen LogP contribution in [0.2, 0.25) is 0 Å². The van der Waals surface area contributed by atoms with Crippen LogP contribution in [0.25, 0.3) is 0 Å². The van der Waals surface area contributed by atoms with E-state index in [9.17, 15) is 0 Å². The van der Waals surface area contributed by atoms with E-state index in [1.165, 1.54) is 12.0 Å². The standard InChI is InChI=1S/C12H23N/c1-6-9(2)7-11(13-5)10-8-12(10,3)4/h10-11,13H,2,6-8H2,1,3-5H3. The fraction of sp³-hybridized carbons (Fsp3) is 0.833. The summed E-state index contributed by atoms with van der Waals surface area (Å²) in [5, 5.41) is 3.42. The summed E-state index contributed by atoms with van der Waals surface area (Å²) in [7, 11) is 2.07. The van der Waals surface area contributed by atoms with Crippen molar-refractivity contribution in [3.05, 3.63) is 12.2 Å². The zero-order valence-corrected chi connectivity index (χ0v) is 9.48. The van der Waals surface area contributed by atoms with Gasteiger partial charge in [-0.2, -0.15) is 0 Å². The maximum atomic E-state index is 4.08. The van der Waals surface area contributed by atoms with Crippen LogP contribution in [0.4, 0.5) is 0 Å². The Hall–Kier alpha value is -0.300. The monoisotopic (exact) mass is 181 g/mol. The fourth-order valence-corrected chi connectivity index (χ4v) is 2.10. The summed E-state index contributed by atoms with van der Waals surface area (Å²) >= 11 is 0. The molecule has 13 heavy (non-hydrogen) atoms. The van der Waals surface area contributed by atoms with Crippen molar-refractivity contribution in [1.29, 1.82) is 0 Å². The van der Waals surface area contributed by atoms with Crippen molar-refractivity contribution in [2.24, 2.45) is 11.3 Å². The fourth-order valence-electron chi connectivity index (χ4n) is 2.10. The number of rotatable bonds is 5. The van der Waals surface area contributed by atoms with Gasteiger partial charge in [0.15, 0.2) is 0 Å². The van der Waals surface area contributed by atoms with Crippen molar-refractivity contribution < 1.29 is 0 Å². The van der Waals surface area contributed by atoms with Gasteiger partial charge in [0.25, 0.3) is 0 Å². The Balaban J connectivity index is 2.41. The zero-order chi connectivity index (χ0) is 10.1. The van der Waals surface area contributed by atoms with Gasteiger partial charge in [-0.15, -0.1) is 0 Å². The number of nitrogens with one attached hydrogen (secondary N) is 1. The predicted octanol–water partition coefficient (Wildman–Crippen LogP) is 2.98. The van der Waals surface area contributed by atoms with E-state index in [2.05, 4.69) is 39.7 Å². The Morgan fingerprint density at radius 2 is 2.15 bits per heavy atom. The van der Waals surface area contributed by atoms with Gasteiger partial charge in [-0.1, -0.05) is 32.9 Å². The Morgan fingerprint density at radius 1 is 1.62 bits per heavy atom. The van der Waals surface area contributed by atoms with Crippen LogP contribution in [-0.4, -0.2) is 13.1 Å². The van der Waals surface area contributed by atoms with Gasteiger partial charge >= 0.3 is 0 Å². The molecule has 1 aliphatic rings. The van der Waals surface area contributed by atoms with Gasteiger partial charge in [0.05, 0.1) is 0 Å². The van der Waals surface area contributed by atoms with Crippen LogP contribution >= 0.6 is 0 Å². The minimum Gasteiger partial charge on any atom is -0.316 e. The Bertz CT molecular complexity index is 193. The lowest BCUT2D eigenvalue weighted by Gasteiger charge is -2.18. The molecule has 76 valence electrons. The molecule has 1 aliphatic carbocycles. The maximum absolute atomic E-state index is 4.08. The minimum atomic E-state index is 0.571. The maximum Gasteiger partial charge on any atom is 0.0135 e. The van der Waals surface area contributed by atoms with Gasteiger partial charge in [-0.05, 0) is 37.6 Å². The first kappa shape index (κ1) is 10.8. The third-order valence-corrected chi connectivity index (χ3v) is 3.45. The molecule has 0 aromatic heterocycles. The van der Waals surface area contributed by atoms with Crippen LogP contribution in [0.15, 0.2) is 12.2 Å². The smallest absolute Gasteiger partial charge is 0.0135 e. The molecule has 0 radical (unpaired) electrons. The average molecular weight is 181 g/mol. The molecule has 2 unspecified atom stereocenters. The second-order valence-corrected chi connectivity index (χ2v) is 5.00. The highest BCUT2D eigenvalue weighted by Gasteiger charge is 2.49. The first-order valence-corrected chi connectivity index (χ1v) is 5.35. The van der Waals surface area contributed by atoms with Crippen molar-refractivity contribution in [3.8, 4) is 0 Å². The Morgan fingerprint density at radius 3 is 2.46 bits per heavy atom. The summed E-state index contributed by atoms with van der Waals surface area (Å²) < 4.78 is 0. The predicted molar refractivity (Wildman–Crippen MR) is 58.8 cm³/mol. The highest BCUT2D eigenvalue weighted by molar-refractivity contribution is 5.07. The lowest BCUT2D eigenvalue weighted by molar-refractivity contribution is 0.423. The summed E-state index contributed by atoms with van der Waals surface area (Å²) in [5.41, 5.74) is 1.95. The van der Waals surface area contributed by atoms with Crippen LogP contribution < -0.4 is 5.32 Å². The van der Waals surface area contributed by atoms with Crippen LogP contribution in [-0.2, 0) is 0 Å². The largest absolute Gasteiger partial charge is 0.316 e. The van der Waals surface area contributed by atoms with Gasteiger partial charge in [-0.3, -0.25) is 0 Å². The van der Waals surface area contributed by atoms with E-state index >= 15 is 0 Å². The van der Waals surface area contributed by atoms with Crippen molar-refractivity contribution in [3.63, 3.8) is 0 Å². The first-order valence-electron chi connectivity index (χ1n) is 5.35. The van der Waals surface area contributed by atoms with Crippen LogP contribution in [0.5, 0.6) is 0 Å². The summed E-state index contributed by atoms with van der Waals surface area (Å²) in [6, 6.07) is 0.655. The Kier molecular flexibility index (Phi) is 3.18. The molecule has 1 fully saturated rings. The molecule has 1 N–H and O–H groups in total. The minimum absolute atomic E-state index is 0.571. The van der Waals surface area contributed by atoms with E-state index < -0.39 is 0 Å². The number of hydrogen-bond acceptors (Lipinski definition) is 1. The molecule has 0 saturated heterocycles. The molecule has 1 rings (SSSR count). The topological polar surface area (TPSA) is 12.0 Å². The molecule has 0 amide bonds. The molecule has 1 heteroatoms.